The smallest absolute Gasteiger partial charge is 0.239 e. The summed E-state index contributed by atoms with van der Waals surface area (Å²) in [6, 6.07) is 4.33. The Morgan fingerprint density at radius 2 is 2.37 bits per heavy atom. The van der Waals surface area contributed by atoms with Crippen LogP contribution in [0.3, 0.4) is 0 Å². The maximum Gasteiger partial charge on any atom is 0.239 e. The van der Waals surface area contributed by atoms with Crippen LogP contribution in [0.15, 0.2) is 17.6 Å². The molecule has 0 spiro atoms. The lowest BCUT2D eigenvalue weighted by atomic mass is 10.2. The van der Waals surface area contributed by atoms with Gasteiger partial charge in [-0.25, -0.2) is 4.98 Å². The van der Waals surface area contributed by atoms with Crippen molar-refractivity contribution in [3.8, 4) is 0 Å². The number of fused-ring (bicyclic) bond motifs is 1. The Hall–Kier alpha value is -1.82. The summed E-state index contributed by atoms with van der Waals surface area (Å²) < 4.78 is 1.07. The molecule has 0 aliphatic heterocycles. The molecule has 0 atom stereocenters. The van der Waals surface area contributed by atoms with Gasteiger partial charge in [-0.2, -0.15) is 0 Å². The Labute approximate surface area is 115 Å². The van der Waals surface area contributed by atoms with Gasteiger partial charge in [0, 0.05) is 13.1 Å². The SMILES string of the molecule is CN(CC(=O)NC1CC1)c1ccc2scnc2c1N. The van der Waals surface area contributed by atoms with Gasteiger partial charge in [0.05, 0.1) is 28.1 Å². The summed E-state index contributed by atoms with van der Waals surface area (Å²) in [6.07, 6.45) is 2.20. The molecule has 1 aromatic heterocycles. The molecule has 3 N–H and O–H groups in total. The Balaban J connectivity index is 1.78. The average molecular weight is 276 g/mol. The molecule has 0 saturated heterocycles. The zero-order chi connectivity index (χ0) is 13.4. The minimum Gasteiger partial charge on any atom is -0.395 e. The van der Waals surface area contributed by atoms with Gasteiger partial charge in [-0.3, -0.25) is 4.79 Å². The Kier molecular flexibility index (Phi) is 3.02. The molecule has 2 aromatic rings. The number of carbonyl (C=O) groups is 1. The van der Waals surface area contributed by atoms with Crippen LogP contribution in [-0.2, 0) is 4.79 Å². The second-order valence-corrected chi connectivity index (χ2v) is 5.78. The number of nitrogens with zero attached hydrogens (tertiary/aromatic N) is 2. The van der Waals surface area contributed by atoms with Crippen molar-refractivity contribution in [2.45, 2.75) is 18.9 Å². The second kappa shape index (κ2) is 4.70. The van der Waals surface area contributed by atoms with Crippen molar-refractivity contribution in [3.05, 3.63) is 17.6 Å². The van der Waals surface area contributed by atoms with Gasteiger partial charge < -0.3 is 16.0 Å². The van der Waals surface area contributed by atoms with E-state index in [2.05, 4.69) is 10.3 Å². The van der Waals surface area contributed by atoms with Crippen LogP contribution in [0.4, 0.5) is 11.4 Å². The van der Waals surface area contributed by atoms with Crippen LogP contribution in [0.1, 0.15) is 12.8 Å². The van der Waals surface area contributed by atoms with Crippen molar-refractivity contribution in [3.63, 3.8) is 0 Å². The number of benzene rings is 1. The van der Waals surface area contributed by atoms with Gasteiger partial charge in [-0.15, -0.1) is 11.3 Å². The fourth-order valence-corrected chi connectivity index (χ4v) is 2.77. The molecule has 19 heavy (non-hydrogen) atoms. The van der Waals surface area contributed by atoms with Crippen LogP contribution in [0.2, 0.25) is 0 Å². The van der Waals surface area contributed by atoms with E-state index in [0.29, 0.717) is 18.3 Å². The van der Waals surface area contributed by atoms with Crippen LogP contribution in [0.5, 0.6) is 0 Å². The molecule has 0 bridgehead atoms. The van der Waals surface area contributed by atoms with Crippen molar-refractivity contribution in [2.24, 2.45) is 0 Å². The van der Waals surface area contributed by atoms with Gasteiger partial charge in [-0.1, -0.05) is 0 Å². The summed E-state index contributed by atoms with van der Waals surface area (Å²) in [4.78, 5) is 17.9. The summed E-state index contributed by atoms with van der Waals surface area (Å²) >= 11 is 1.56. The molecule has 100 valence electrons. The largest absolute Gasteiger partial charge is 0.395 e. The number of nitrogens with two attached hydrogens (primary N) is 1. The van der Waals surface area contributed by atoms with E-state index in [-0.39, 0.29) is 5.91 Å². The lowest BCUT2D eigenvalue weighted by Crippen LogP contribution is -2.36. The van der Waals surface area contributed by atoms with Gasteiger partial charge in [0.15, 0.2) is 0 Å². The summed E-state index contributed by atoms with van der Waals surface area (Å²) in [5.74, 6) is 0.0442. The van der Waals surface area contributed by atoms with Crippen molar-refractivity contribution >= 4 is 38.8 Å². The third-order valence-electron chi connectivity index (χ3n) is 3.25. The number of carbonyl (C=O) groups excluding carboxylic acids is 1. The van der Waals surface area contributed by atoms with Crippen molar-refractivity contribution in [1.82, 2.24) is 10.3 Å². The number of thiazole rings is 1. The molecule has 5 nitrogen and oxygen atoms in total. The highest BCUT2D eigenvalue weighted by atomic mass is 32.1. The first kappa shape index (κ1) is 12.2. The highest BCUT2D eigenvalue weighted by Gasteiger charge is 2.24. The molecule has 0 unspecified atom stereocenters. The molecule has 1 aliphatic rings. The molecule has 3 rings (SSSR count). The van der Waals surface area contributed by atoms with E-state index in [9.17, 15) is 4.79 Å². The number of anilines is 2. The molecule has 6 heteroatoms. The number of nitrogen functional groups attached to an aromatic ring is 1. The highest BCUT2D eigenvalue weighted by Crippen LogP contribution is 2.31. The quantitative estimate of drug-likeness (QED) is 0.832. The third kappa shape index (κ3) is 2.49. The first-order chi connectivity index (χ1) is 9.15. The number of hydrogen-bond donors (Lipinski definition) is 2. The summed E-state index contributed by atoms with van der Waals surface area (Å²) in [5, 5.41) is 2.97. The number of likely N-dealkylation sites (N-methyl/N-ethyl adjacent to an activating group) is 1. The first-order valence-corrected chi connectivity index (χ1v) is 7.15. The summed E-state index contributed by atoms with van der Waals surface area (Å²) in [6.45, 7) is 0.316. The van der Waals surface area contributed by atoms with Crippen molar-refractivity contribution in [1.29, 1.82) is 0 Å². The van der Waals surface area contributed by atoms with Gasteiger partial charge in [0.25, 0.3) is 0 Å². The van der Waals surface area contributed by atoms with E-state index in [1.165, 1.54) is 0 Å². The van der Waals surface area contributed by atoms with Gasteiger partial charge >= 0.3 is 0 Å². The number of nitrogens with one attached hydrogen (secondary N) is 1. The Morgan fingerprint density at radius 3 is 3.11 bits per heavy atom. The Morgan fingerprint density at radius 1 is 1.58 bits per heavy atom. The molecule has 1 aromatic carbocycles. The molecule has 1 amide bonds. The van der Waals surface area contributed by atoms with Crippen LogP contribution >= 0.6 is 11.3 Å². The van der Waals surface area contributed by atoms with E-state index >= 15 is 0 Å². The standard InChI is InChI=1S/C13H16N4OS/c1-17(6-11(18)16-8-2-3-8)9-4-5-10-13(12(9)14)15-7-19-10/h4-5,7-8H,2-3,6,14H2,1H3,(H,16,18). The number of amides is 1. The van der Waals surface area contributed by atoms with Crippen LogP contribution < -0.4 is 16.0 Å². The van der Waals surface area contributed by atoms with Gasteiger partial charge in [0.2, 0.25) is 5.91 Å². The van der Waals surface area contributed by atoms with Crippen molar-refractivity contribution in [2.75, 3.05) is 24.2 Å². The third-order valence-corrected chi connectivity index (χ3v) is 4.05. The fraction of sp³-hybridized carbons (Fsp3) is 0.385. The normalized spacial score (nSPS) is 14.6. The highest BCUT2D eigenvalue weighted by molar-refractivity contribution is 7.16. The van der Waals surface area contributed by atoms with Crippen molar-refractivity contribution < 1.29 is 4.79 Å². The molecule has 1 fully saturated rings. The number of hydrogen-bond acceptors (Lipinski definition) is 5. The van der Waals surface area contributed by atoms with Crippen LogP contribution in [0, 0.1) is 0 Å². The van der Waals surface area contributed by atoms with E-state index in [1.54, 1.807) is 16.8 Å². The maximum atomic E-state index is 11.8. The number of rotatable bonds is 4. The van der Waals surface area contributed by atoms with E-state index in [0.717, 1.165) is 28.7 Å². The lowest BCUT2D eigenvalue weighted by molar-refractivity contribution is -0.119. The molecular weight excluding hydrogens is 260 g/mol. The molecular formula is C13H16N4OS. The zero-order valence-corrected chi connectivity index (χ0v) is 11.5. The average Bonchev–Trinajstić information content (AvgIpc) is 3.04. The fourth-order valence-electron chi connectivity index (χ4n) is 2.08. The van der Waals surface area contributed by atoms with Gasteiger partial charge in [-0.05, 0) is 25.0 Å². The summed E-state index contributed by atoms with van der Waals surface area (Å²) in [5.41, 5.74) is 10.2. The van der Waals surface area contributed by atoms with E-state index < -0.39 is 0 Å². The number of aromatic nitrogens is 1. The van der Waals surface area contributed by atoms with E-state index in [4.69, 9.17) is 5.73 Å². The van der Waals surface area contributed by atoms with Gasteiger partial charge in [0.1, 0.15) is 5.52 Å². The van der Waals surface area contributed by atoms with Crippen LogP contribution in [-0.4, -0.2) is 30.5 Å². The topological polar surface area (TPSA) is 71.2 Å². The van der Waals surface area contributed by atoms with E-state index in [1.807, 2.05) is 24.1 Å². The minimum atomic E-state index is 0.0442. The molecule has 1 aliphatic carbocycles. The molecule has 1 heterocycles. The lowest BCUT2D eigenvalue weighted by Gasteiger charge is -2.20. The first-order valence-electron chi connectivity index (χ1n) is 6.27. The second-order valence-electron chi connectivity index (χ2n) is 4.90. The minimum absolute atomic E-state index is 0.0442. The molecule has 0 radical (unpaired) electrons. The monoisotopic (exact) mass is 276 g/mol. The predicted molar refractivity (Wildman–Crippen MR) is 78.5 cm³/mol. The summed E-state index contributed by atoms with van der Waals surface area (Å²) in [7, 11) is 1.87. The van der Waals surface area contributed by atoms with Crippen LogP contribution in [0.25, 0.3) is 10.2 Å². The predicted octanol–water partition coefficient (Wildman–Crippen LogP) is 1.59. The Bertz CT molecular complexity index is 620. The maximum absolute atomic E-state index is 11.8. The molecule has 1 saturated carbocycles. The zero-order valence-electron chi connectivity index (χ0n) is 10.7.